The minimum Gasteiger partial charge on any atom is -0.307 e. The predicted octanol–water partition coefficient (Wildman–Crippen LogP) is 2.87. The highest BCUT2D eigenvalue weighted by atomic mass is 79.9. The normalized spacial score (nSPS) is 10.7. The predicted molar refractivity (Wildman–Crippen MR) is 72.5 cm³/mol. The fraction of sp³-hybridized carbons (Fsp3) is 0.250. The average molecular weight is 309 g/mol. The van der Waals surface area contributed by atoms with E-state index in [1.54, 1.807) is 35.3 Å². The Bertz CT molecular complexity index is 565. The summed E-state index contributed by atoms with van der Waals surface area (Å²) in [5.41, 5.74) is 0.549. The number of anilines is 1. The van der Waals surface area contributed by atoms with Crippen molar-refractivity contribution in [3.8, 4) is 0 Å². The van der Waals surface area contributed by atoms with Crippen molar-refractivity contribution in [3.05, 3.63) is 40.8 Å². The van der Waals surface area contributed by atoms with E-state index in [2.05, 4.69) is 31.3 Å². The van der Waals surface area contributed by atoms with Gasteiger partial charge in [-0.05, 0) is 41.9 Å². The molecule has 94 valence electrons. The van der Waals surface area contributed by atoms with E-state index in [1.165, 1.54) is 0 Å². The van der Waals surface area contributed by atoms with Crippen LogP contribution in [0.15, 0.2) is 35.2 Å². The molecule has 0 fully saturated rings. The molecule has 0 saturated heterocycles. The van der Waals surface area contributed by atoms with E-state index in [1.807, 2.05) is 13.8 Å². The smallest absolute Gasteiger partial charge is 0.256 e. The second-order valence-electron chi connectivity index (χ2n) is 4.08. The van der Waals surface area contributed by atoms with Crippen LogP contribution < -0.4 is 5.32 Å². The van der Waals surface area contributed by atoms with Crippen LogP contribution in [0.3, 0.4) is 0 Å². The number of hydrogen-bond donors (Lipinski definition) is 1. The first-order valence-corrected chi connectivity index (χ1v) is 6.33. The Labute approximate surface area is 113 Å². The number of rotatable bonds is 3. The zero-order valence-corrected chi connectivity index (χ0v) is 11.7. The molecule has 0 bridgehead atoms. The maximum Gasteiger partial charge on any atom is 0.256 e. The zero-order valence-electron chi connectivity index (χ0n) is 10.1. The van der Waals surface area contributed by atoms with E-state index < -0.39 is 0 Å². The Balaban J connectivity index is 2.19. The number of amides is 1. The van der Waals surface area contributed by atoms with Gasteiger partial charge in [0.25, 0.3) is 5.91 Å². The third kappa shape index (κ3) is 2.76. The Morgan fingerprint density at radius 3 is 2.83 bits per heavy atom. The van der Waals surface area contributed by atoms with E-state index in [0.29, 0.717) is 16.0 Å². The Morgan fingerprint density at radius 1 is 1.39 bits per heavy atom. The van der Waals surface area contributed by atoms with Gasteiger partial charge in [-0.2, -0.15) is 5.10 Å². The maximum absolute atomic E-state index is 12.0. The summed E-state index contributed by atoms with van der Waals surface area (Å²) in [6.07, 6.45) is 3.25. The quantitative estimate of drug-likeness (QED) is 0.887. The highest BCUT2D eigenvalue weighted by Gasteiger charge is 2.11. The monoisotopic (exact) mass is 308 g/mol. The summed E-state index contributed by atoms with van der Waals surface area (Å²) in [7, 11) is 0. The van der Waals surface area contributed by atoms with Crippen LogP contribution in [0.1, 0.15) is 30.2 Å². The van der Waals surface area contributed by atoms with E-state index in [0.717, 1.165) is 0 Å². The lowest BCUT2D eigenvalue weighted by Crippen LogP contribution is -2.16. The Morgan fingerprint density at radius 2 is 2.17 bits per heavy atom. The summed E-state index contributed by atoms with van der Waals surface area (Å²) < 4.78 is 2.39. The molecule has 0 aliphatic carbocycles. The van der Waals surface area contributed by atoms with Gasteiger partial charge in [-0.25, -0.2) is 9.67 Å². The highest BCUT2D eigenvalue weighted by Crippen LogP contribution is 2.15. The van der Waals surface area contributed by atoms with Crippen LogP contribution in [0, 0.1) is 0 Å². The van der Waals surface area contributed by atoms with Crippen molar-refractivity contribution in [1.29, 1.82) is 0 Å². The van der Waals surface area contributed by atoms with Crippen LogP contribution in [0.25, 0.3) is 0 Å². The molecule has 0 aliphatic heterocycles. The van der Waals surface area contributed by atoms with Crippen LogP contribution in [-0.2, 0) is 0 Å². The fourth-order valence-corrected chi connectivity index (χ4v) is 1.92. The van der Waals surface area contributed by atoms with E-state index >= 15 is 0 Å². The van der Waals surface area contributed by atoms with Gasteiger partial charge in [0.1, 0.15) is 10.4 Å². The summed E-state index contributed by atoms with van der Waals surface area (Å²) in [5, 5.41) is 6.99. The third-order valence-electron chi connectivity index (χ3n) is 2.39. The molecule has 0 spiro atoms. The molecule has 0 aromatic carbocycles. The molecule has 0 saturated carbocycles. The number of pyridine rings is 1. The van der Waals surface area contributed by atoms with Gasteiger partial charge in [-0.1, -0.05) is 0 Å². The lowest BCUT2D eigenvalue weighted by atomic mass is 10.2. The molecule has 0 unspecified atom stereocenters. The van der Waals surface area contributed by atoms with E-state index in [4.69, 9.17) is 0 Å². The van der Waals surface area contributed by atoms with Crippen molar-refractivity contribution < 1.29 is 4.79 Å². The zero-order chi connectivity index (χ0) is 13.1. The molecular formula is C12H13BrN4O. The second-order valence-corrected chi connectivity index (χ2v) is 4.89. The standard InChI is InChI=1S/C12H13BrN4O/c1-8(2)17-11(4-6-15-17)16-12(18)9-3-5-14-10(13)7-9/h3-8H,1-2H3,(H,16,18). The molecule has 1 N–H and O–H groups in total. The van der Waals surface area contributed by atoms with E-state index in [9.17, 15) is 4.79 Å². The van der Waals surface area contributed by atoms with Crippen LogP contribution in [0.5, 0.6) is 0 Å². The van der Waals surface area contributed by atoms with Gasteiger partial charge in [-0.15, -0.1) is 0 Å². The minimum absolute atomic E-state index is 0.180. The van der Waals surface area contributed by atoms with Gasteiger partial charge in [0, 0.05) is 23.9 Å². The molecule has 6 heteroatoms. The van der Waals surface area contributed by atoms with Crippen molar-refractivity contribution in [1.82, 2.24) is 14.8 Å². The number of aromatic nitrogens is 3. The van der Waals surface area contributed by atoms with Crippen molar-refractivity contribution in [3.63, 3.8) is 0 Å². The Hall–Kier alpha value is -1.69. The molecule has 2 aromatic rings. The van der Waals surface area contributed by atoms with Gasteiger partial charge < -0.3 is 5.32 Å². The largest absolute Gasteiger partial charge is 0.307 e. The first-order valence-electron chi connectivity index (χ1n) is 5.54. The first-order chi connectivity index (χ1) is 8.58. The summed E-state index contributed by atoms with van der Waals surface area (Å²) in [5.74, 6) is 0.503. The van der Waals surface area contributed by atoms with Gasteiger partial charge in [-0.3, -0.25) is 4.79 Å². The number of nitrogens with zero attached hydrogens (tertiary/aromatic N) is 3. The summed E-state index contributed by atoms with van der Waals surface area (Å²) in [6, 6.07) is 5.30. The molecule has 2 rings (SSSR count). The average Bonchev–Trinajstić information content (AvgIpc) is 2.77. The van der Waals surface area contributed by atoms with Gasteiger partial charge >= 0.3 is 0 Å². The SMILES string of the molecule is CC(C)n1nccc1NC(=O)c1ccnc(Br)c1. The lowest BCUT2D eigenvalue weighted by molar-refractivity contribution is 0.102. The Kier molecular flexibility index (Phi) is 3.76. The molecule has 1 amide bonds. The molecule has 2 aromatic heterocycles. The van der Waals surface area contributed by atoms with Crippen LogP contribution in [-0.4, -0.2) is 20.7 Å². The van der Waals surface area contributed by atoms with Crippen LogP contribution in [0.4, 0.5) is 5.82 Å². The van der Waals surface area contributed by atoms with Crippen LogP contribution in [0.2, 0.25) is 0 Å². The molecule has 0 radical (unpaired) electrons. The summed E-state index contributed by atoms with van der Waals surface area (Å²) >= 11 is 3.24. The van der Waals surface area contributed by atoms with Crippen molar-refractivity contribution in [2.75, 3.05) is 5.32 Å². The number of carbonyl (C=O) groups excluding carboxylic acids is 1. The maximum atomic E-state index is 12.0. The fourth-order valence-electron chi connectivity index (χ4n) is 1.56. The van der Waals surface area contributed by atoms with Crippen LogP contribution >= 0.6 is 15.9 Å². The first kappa shape index (κ1) is 12.8. The number of carbonyl (C=O) groups is 1. The van der Waals surface area contributed by atoms with E-state index in [-0.39, 0.29) is 11.9 Å². The molecular weight excluding hydrogens is 296 g/mol. The topological polar surface area (TPSA) is 59.8 Å². The molecule has 0 aliphatic rings. The third-order valence-corrected chi connectivity index (χ3v) is 2.82. The minimum atomic E-state index is -0.180. The van der Waals surface area contributed by atoms with Crippen molar-refractivity contribution in [2.45, 2.75) is 19.9 Å². The molecule has 0 atom stereocenters. The summed E-state index contributed by atoms with van der Waals surface area (Å²) in [6.45, 7) is 4.01. The second kappa shape index (κ2) is 5.30. The molecule has 18 heavy (non-hydrogen) atoms. The summed E-state index contributed by atoms with van der Waals surface area (Å²) in [4.78, 5) is 16.0. The van der Waals surface area contributed by atoms with Crippen molar-refractivity contribution in [2.24, 2.45) is 0 Å². The number of hydrogen-bond acceptors (Lipinski definition) is 3. The van der Waals surface area contributed by atoms with Gasteiger partial charge in [0.05, 0.1) is 6.20 Å². The molecule has 5 nitrogen and oxygen atoms in total. The molecule has 2 heterocycles. The lowest BCUT2D eigenvalue weighted by Gasteiger charge is -2.11. The number of halogens is 1. The number of nitrogens with one attached hydrogen (secondary N) is 1. The highest BCUT2D eigenvalue weighted by molar-refractivity contribution is 9.10. The van der Waals surface area contributed by atoms with Gasteiger partial charge in [0.2, 0.25) is 0 Å². The van der Waals surface area contributed by atoms with Gasteiger partial charge in [0.15, 0.2) is 0 Å². The van der Waals surface area contributed by atoms with Crippen molar-refractivity contribution >= 4 is 27.7 Å².